The summed E-state index contributed by atoms with van der Waals surface area (Å²) in [6.45, 7) is 1.69. The van der Waals surface area contributed by atoms with Crippen LogP contribution in [0.2, 0.25) is 0 Å². The molecule has 0 bridgehead atoms. The minimum Gasteiger partial charge on any atom is -0.406 e. The molecule has 0 radical (unpaired) electrons. The second-order valence-electron chi connectivity index (χ2n) is 4.19. The average Bonchev–Trinajstić information content (AvgIpc) is 2.91. The Balaban J connectivity index is 1.79. The number of hydrogen-bond donors (Lipinski definition) is 2. The van der Waals surface area contributed by atoms with Gasteiger partial charge in [0.25, 0.3) is 0 Å². The van der Waals surface area contributed by atoms with E-state index in [9.17, 15) is 8.78 Å². The highest BCUT2D eigenvalue weighted by molar-refractivity contribution is 5.59. The number of alkyl halides is 2. The fourth-order valence-electron chi connectivity index (χ4n) is 1.62. The van der Waals surface area contributed by atoms with E-state index in [1.54, 1.807) is 6.92 Å². The van der Waals surface area contributed by atoms with E-state index < -0.39 is 12.3 Å². The highest BCUT2D eigenvalue weighted by Gasteiger charge is 2.43. The minimum atomic E-state index is -3.65. The molecule has 106 valence electrons. The molecule has 1 aromatic carbocycles. The van der Waals surface area contributed by atoms with Gasteiger partial charge in [0.05, 0.1) is 6.04 Å². The number of nitrogens with one attached hydrogen (secondary N) is 1. The quantitative estimate of drug-likeness (QED) is 0.891. The van der Waals surface area contributed by atoms with Gasteiger partial charge in [-0.15, -0.1) is 13.9 Å². The van der Waals surface area contributed by atoms with Gasteiger partial charge < -0.3 is 24.9 Å². The highest BCUT2D eigenvalue weighted by atomic mass is 19.3. The number of halogens is 2. The van der Waals surface area contributed by atoms with Crippen LogP contribution >= 0.6 is 0 Å². The lowest BCUT2D eigenvalue weighted by molar-refractivity contribution is -0.286. The minimum absolute atomic E-state index is 0.0395. The van der Waals surface area contributed by atoms with E-state index in [0.29, 0.717) is 5.69 Å². The molecule has 0 amide bonds. The van der Waals surface area contributed by atoms with Gasteiger partial charge in [-0.2, -0.15) is 0 Å². The SMILES string of the molecule is CC(N)c1nnc(Nc2ccc3c(c2)OC(F)(F)O3)o1. The summed E-state index contributed by atoms with van der Waals surface area (Å²) in [6, 6.07) is 3.91. The lowest BCUT2D eigenvalue weighted by atomic mass is 10.3. The van der Waals surface area contributed by atoms with Crippen molar-refractivity contribution < 1.29 is 22.7 Å². The van der Waals surface area contributed by atoms with Gasteiger partial charge in [-0.3, -0.25) is 0 Å². The van der Waals surface area contributed by atoms with E-state index >= 15 is 0 Å². The van der Waals surface area contributed by atoms with E-state index in [4.69, 9.17) is 10.2 Å². The van der Waals surface area contributed by atoms with Crippen molar-refractivity contribution >= 4 is 11.7 Å². The molecule has 1 atom stereocenters. The zero-order chi connectivity index (χ0) is 14.3. The van der Waals surface area contributed by atoms with E-state index in [-0.39, 0.29) is 23.4 Å². The van der Waals surface area contributed by atoms with Crippen LogP contribution in [0.3, 0.4) is 0 Å². The molecule has 7 nitrogen and oxygen atoms in total. The molecule has 20 heavy (non-hydrogen) atoms. The Labute approximate surface area is 111 Å². The Morgan fingerprint density at radius 2 is 2.00 bits per heavy atom. The molecule has 0 spiro atoms. The Kier molecular flexibility index (Phi) is 2.71. The fraction of sp³-hybridized carbons (Fsp3) is 0.273. The second-order valence-corrected chi connectivity index (χ2v) is 4.19. The first-order chi connectivity index (χ1) is 9.43. The molecule has 1 aliphatic heterocycles. The van der Waals surface area contributed by atoms with Gasteiger partial charge in [0.1, 0.15) is 0 Å². The predicted octanol–water partition coefficient (Wildman–Crippen LogP) is 2.15. The van der Waals surface area contributed by atoms with Crippen LogP contribution in [-0.4, -0.2) is 16.5 Å². The van der Waals surface area contributed by atoms with Crippen LogP contribution in [-0.2, 0) is 0 Å². The van der Waals surface area contributed by atoms with Gasteiger partial charge in [0, 0.05) is 11.8 Å². The maximum Gasteiger partial charge on any atom is 0.586 e. The van der Waals surface area contributed by atoms with Gasteiger partial charge in [-0.05, 0) is 19.1 Å². The summed E-state index contributed by atoms with van der Waals surface area (Å²) in [4.78, 5) is 0. The third-order valence-electron chi connectivity index (χ3n) is 2.48. The maximum absolute atomic E-state index is 12.9. The Hall–Kier alpha value is -2.42. The average molecular weight is 284 g/mol. The zero-order valence-electron chi connectivity index (χ0n) is 10.3. The molecule has 0 aliphatic carbocycles. The van der Waals surface area contributed by atoms with Gasteiger partial charge in [0.15, 0.2) is 11.5 Å². The summed E-state index contributed by atoms with van der Waals surface area (Å²) < 4.78 is 39.6. The second kappa shape index (κ2) is 4.30. The third kappa shape index (κ3) is 2.35. The summed E-state index contributed by atoms with van der Waals surface area (Å²) in [7, 11) is 0. The number of aromatic nitrogens is 2. The van der Waals surface area contributed by atoms with Crippen molar-refractivity contribution in [3.63, 3.8) is 0 Å². The van der Waals surface area contributed by atoms with Crippen molar-refractivity contribution in [2.75, 3.05) is 5.32 Å². The highest BCUT2D eigenvalue weighted by Crippen LogP contribution is 2.42. The lowest BCUT2D eigenvalue weighted by Gasteiger charge is -2.04. The third-order valence-corrected chi connectivity index (χ3v) is 2.48. The number of benzene rings is 1. The molecule has 2 heterocycles. The molecule has 3 rings (SSSR count). The molecule has 0 saturated heterocycles. The number of nitrogens with zero attached hydrogens (tertiary/aromatic N) is 2. The normalized spacial score (nSPS) is 17.0. The van der Waals surface area contributed by atoms with Crippen molar-refractivity contribution in [1.29, 1.82) is 0 Å². The summed E-state index contributed by atoms with van der Waals surface area (Å²) in [6.07, 6.45) is -3.65. The van der Waals surface area contributed by atoms with Crippen molar-refractivity contribution in [2.45, 2.75) is 19.3 Å². The van der Waals surface area contributed by atoms with Gasteiger partial charge in [0.2, 0.25) is 5.89 Å². The topological polar surface area (TPSA) is 95.4 Å². The molecule has 1 unspecified atom stereocenters. The molecule has 9 heteroatoms. The Morgan fingerprint density at radius 1 is 1.25 bits per heavy atom. The maximum atomic E-state index is 12.9. The largest absolute Gasteiger partial charge is 0.586 e. The van der Waals surface area contributed by atoms with E-state index in [0.717, 1.165) is 0 Å². The zero-order valence-corrected chi connectivity index (χ0v) is 10.3. The van der Waals surface area contributed by atoms with Gasteiger partial charge in [-0.1, -0.05) is 5.10 Å². The number of anilines is 2. The fourth-order valence-corrected chi connectivity index (χ4v) is 1.62. The van der Waals surface area contributed by atoms with E-state index in [1.165, 1.54) is 18.2 Å². The first-order valence-electron chi connectivity index (χ1n) is 5.69. The predicted molar refractivity (Wildman–Crippen MR) is 62.8 cm³/mol. The van der Waals surface area contributed by atoms with Gasteiger partial charge in [-0.25, -0.2) is 0 Å². The molecule has 1 aliphatic rings. The van der Waals surface area contributed by atoms with Crippen LogP contribution < -0.4 is 20.5 Å². The smallest absolute Gasteiger partial charge is 0.406 e. The molecule has 1 aromatic heterocycles. The number of rotatable bonds is 3. The van der Waals surface area contributed by atoms with Crippen molar-refractivity contribution in [2.24, 2.45) is 5.73 Å². The summed E-state index contributed by atoms with van der Waals surface area (Å²) in [5.74, 6) is 0.147. The van der Waals surface area contributed by atoms with E-state index in [2.05, 4.69) is 25.0 Å². The van der Waals surface area contributed by atoms with Crippen LogP contribution in [0.15, 0.2) is 22.6 Å². The number of hydrogen-bond acceptors (Lipinski definition) is 7. The molecule has 3 N–H and O–H groups in total. The number of fused-ring (bicyclic) bond motifs is 1. The molecule has 0 fully saturated rings. The summed E-state index contributed by atoms with van der Waals surface area (Å²) in [5, 5.41) is 10.2. The molecule has 2 aromatic rings. The Morgan fingerprint density at radius 3 is 2.70 bits per heavy atom. The number of ether oxygens (including phenoxy) is 2. The lowest BCUT2D eigenvalue weighted by Crippen LogP contribution is -2.25. The molecule has 0 saturated carbocycles. The summed E-state index contributed by atoms with van der Waals surface area (Å²) >= 11 is 0. The molecular weight excluding hydrogens is 274 g/mol. The molecular formula is C11H10F2N4O3. The van der Waals surface area contributed by atoms with Crippen molar-refractivity contribution in [3.05, 3.63) is 24.1 Å². The number of nitrogens with two attached hydrogens (primary N) is 1. The standard InChI is InChI=1S/C11H10F2N4O3/c1-5(14)9-16-17-10(18-9)15-6-2-3-7-8(4-6)20-11(12,13)19-7/h2-5H,14H2,1H3,(H,15,17). The van der Waals surface area contributed by atoms with Crippen LogP contribution in [0.25, 0.3) is 0 Å². The first kappa shape index (κ1) is 12.6. The van der Waals surface area contributed by atoms with Crippen LogP contribution in [0.4, 0.5) is 20.5 Å². The monoisotopic (exact) mass is 284 g/mol. The van der Waals surface area contributed by atoms with Crippen LogP contribution in [0.5, 0.6) is 11.5 Å². The van der Waals surface area contributed by atoms with Crippen molar-refractivity contribution in [1.82, 2.24) is 10.2 Å². The van der Waals surface area contributed by atoms with E-state index in [1.807, 2.05) is 0 Å². The first-order valence-corrected chi connectivity index (χ1v) is 5.69. The van der Waals surface area contributed by atoms with Crippen LogP contribution in [0, 0.1) is 0 Å². The van der Waals surface area contributed by atoms with Gasteiger partial charge >= 0.3 is 12.3 Å². The Bertz CT molecular complexity index is 644. The van der Waals surface area contributed by atoms with Crippen molar-refractivity contribution in [3.8, 4) is 11.5 Å². The van der Waals surface area contributed by atoms with Crippen LogP contribution in [0.1, 0.15) is 18.9 Å². The summed E-state index contributed by atoms with van der Waals surface area (Å²) in [5.41, 5.74) is 6.02.